The van der Waals surface area contributed by atoms with Crippen LogP contribution in [0.15, 0.2) is 24.3 Å². The van der Waals surface area contributed by atoms with E-state index in [1.54, 1.807) is 24.3 Å². The first kappa shape index (κ1) is 14.5. The van der Waals surface area contributed by atoms with Gasteiger partial charge in [0, 0.05) is 0 Å². The van der Waals surface area contributed by atoms with Crippen molar-refractivity contribution in [3.63, 3.8) is 0 Å². The molecule has 3 nitrogen and oxygen atoms in total. The molecule has 1 atom stereocenters. The van der Waals surface area contributed by atoms with E-state index in [4.69, 9.17) is 5.11 Å². The van der Waals surface area contributed by atoms with Crippen LogP contribution >= 0.6 is 0 Å². The van der Waals surface area contributed by atoms with Gasteiger partial charge in [0.15, 0.2) is 0 Å². The highest BCUT2D eigenvalue weighted by atomic mass is 16.5. The van der Waals surface area contributed by atoms with Crippen molar-refractivity contribution in [2.24, 2.45) is 5.92 Å². The van der Waals surface area contributed by atoms with Crippen LogP contribution in [0.2, 0.25) is 0 Å². The van der Waals surface area contributed by atoms with Crippen molar-refractivity contribution in [3.8, 4) is 5.75 Å². The molecule has 16 heavy (non-hydrogen) atoms. The van der Waals surface area contributed by atoms with E-state index in [0.29, 0.717) is 6.42 Å². The number of hydrogen-bond donors (Lipinski definition) is 1. The maximum absolute atomic E-state index is 11.1. The van der Waals surface area contributed by atoms with Gasteiger partial charge in [0.1, 0.15) is 5.75 Å². The van der Waals surface area contributed by atoms with E-state index in [1.165, 1.54) is 7.11 Å². The van der Waals surface area contributed by atoms with Gasteiger partial charge in [0.25, 0.3) is 0 Å². The summed E-state index contributed by atoms with van der Waals surface area (Å²) in [6.45, 7) is 5.82. The maximum atomic E-state index is 11.1. The van der Waals surface area contributed by atoms with Gasteiger partial charge in [0.05, 0.1) is 13.0 Å². The van der Waals surface area contributed by atoms with Crippen molar-refractivity contribution < 1.29 is 14.6 Å². The Bertz CT molecular complexity index is 303. The third-order valence-electron chi connectivity index (χ3n) is 2.08. The number of esters is 1. The molecule has 0 aromatic heterocycles. The summed E-state index contributed by atoms with van der Waals surface area (Å²) < 4.78 is 4.62. The Kier molecular flexibility index (Phi) is 7.01. The van der Waals surface area contributed by atoms with Crippen LogP contribution in [0.3, 0.4) is 0 Å². The number of ether oxygens (including phenoxy) is 1. The van der Waals surface area contributed by atoms with Gasteiger partial charge in [-0.1, -0.05) is 32.9 Å². The van der Waals surface area contributed by atoms with Crippen LogP contribution in [-0.4, -0.2) is 18.2 Å². The predicted molar refractivity (Wildman–Crippen MR) is 64.3 cm³/mol. The Morgan fingerprint density at radius 1 is 1.31 bits per heavy atom. The Morgan fingerprint density at radius 3 is 2.25 bits per heavy atom. The molecule has 0 aliphatic rings. The molecule has 0 bridgehead atoms. The molecule has 0 fully saturated rings. The van der Waals surface area contributed by atoms with Gasteiger partial charge >= 0.3 is 5.97 Å². The van der Waals surface area contributed by atoms with E-state index in [1.807, 2.05) is 20.8 Å². The average molecular weight is 224 g/mol. The molecular formula is C13H20O3. The zero-order valence-electron chi connectivity index (χ0n) is 10.4. The van der Waals surface area contributed by atoms with Crippen LogP contribution < -0.4 is 0 Å². The van der Waals surface area contributed by atoms with Gasteiger partial charge in [0.2, 0.25) is 0 Å². The lowest BCUT2D eigenvalue weighted by Gasteiger charge is -2.08. The van der Waals surface area contributed by atoms with Crippen LogP contribution in [0.25, 0.3) is 0 Å². The standard InChI is InChI=1S/C11H14O3.C2H6/c1-8(11(13)14-2)7-9-3-5-10(12)6-4-9;1-2/h3-6,8,12H,7H2,1-2H3;1-2H3. The van der Waals surface area contributed by atoms with Gasteiger partial charge in [-0.3, -0.25) is 4.79 Å². The van der Waals surface area contributed by atoms with Crippen LogP contribution in [0.4, 0.5) is 0 Å². The van der Waals surface area contributed by atoms with Gasteiger partial charge in [-0.15, -0.1) is 0 Å². The monoisotopic (exact) mass is 224 g/mol. The smallest absolute Gasteiger partial charge is 0.308 e. The summed E-state index contributed by atoms with van der Waals surface area (Å²) in [6.07, 6.45) is 0.632. The summed E-state index contributed by atoms with van der Waals surface area (Å²) in [7, 11) is 1.38. The topological polar surface area (TPSA) is 46.5 Å². The van der Waals surface area contributed by atoms with Gasteiger partial charge in [-0.2, -0.15) is 0 Å². The van der Waals surface area contributed by atoms with Crippen molar-refractivity contribution in [2.45, 2.75) is 27.2 Å². The molecule has 1 N–H and O–H groups in total. The number of phenolic OH excluding ortho intramolecular Hbond substituents is 1. The summed E-state index contributed by atoms with van der Waals surface area (Å²) in [4.78, 5) is 11.1. The molecule has 1 aromatic carbocycles. The Morgan fingerprint density at radius 2 is 1.81 bits per heavy atom. The summed E-state index contributed by atoms with van der Waals surface area (Å²) in [5.41, 5.74) is 1.01. The summed E-state index contributed by atoms with van der Waals surface area (Å²) in [6, 6.07) is 6.82. The van der Waals surface area contributed by atoms with Crippen molar-refractivity contribution >= 4 is 5.97 Å². The summed E-state index contributed by atoms with van der Waals surface area (Å²) >= 11 is 0. The minimum Gasteiger partial charge on any atom is -0.508 e. The van der Waals surface area contributed by atoms with E-state index < -0.39 is 0 Å². The lowest BCUT2D eigenvalue weighted by Crippen LogP contribution is -2.14. The first-order valence-electron chi connectivity index (χ1n) is 5.49. The average Bonchev–Trinajstić information content (AvgIpc) is 2.33. The van der Waals surface area contributed by atoms with Crippen molar-refractivity contribution in [1.82, 2.24) is 0 Å². The molecule has 1 aromatic rings. The van der Waals surface area contributed by atoms with Crippen molar-refractivity contribution in [3.05, 3.63) is 29.8 Å². The highest BCUT2D eigenvalue weighted by molar-refractivity contribution is 5.72. The fourth-order valence-electron chi connectivity index (χ4n) is 1.27. The van der Waals surface area contributed by atoms with Crippen LogP contribution in [-0.2, 0) is 16.0 Å². The second kappa shape index (κ2) is 7.74. The number of methoxy groups -OCH3 is 1. The highest BCUT2D eigenvalue weighted by Gasteiger charge is 2.13. The number of rotatable bonds is 3. The van der Waals surface area contributed by atoms with Crippen molar-refractivity contribution in [2.75, 3.05) is 7.11 Å². The van der Waals surface area contributed by atoms with Crippen LogP contribution in [0, 0.1) is 5.92 Å². The molecular weight excluding hydrogens is 204 g/mol. The van der Waals surface area contributed by atoms with Crippen LogP contribution in [0.1, 0.15) is 26.3 Å². The lowest BCUT2D eigenvalue weighted by molar-refractivity contribution is -0.144. The van der Waals surface area contributed by atoms with Gasteiger partial charge in [-0.05, 0) is 24.1 Å². The van der Waals surface area contributed by atoms with E-state index in [-0.39, 0.29) is 17.6 Å². The van der Waals surface area contributed by atoms with E-state index in [0.717, 1.165) is 5.56 Å². The molecule has 0 aliphatic heterocycles. The molecule has 0 amide bonds. The molecule has 0 heterocycles. The molecule has 0 radical (unpaired) electrons. The second-order valence-electron chi connectivity index (χ2n) is 3.29. The number of benzene rings is 1. The number of phenols is 1. The Balaban J connectivity index is 0.00000106. The van der Waals surface area contributed by atoms with Gasteiger partial charge < -0.3 is 9.84 Å². The van der Waals surface area contributed by atoms with Crippen molar-refractivity contribution in [1.29, 1.82) is 0 Å². The largest absolute Gasteiger partial charge is 0.508 e. The lowest BCUT2D eigenvalue weighted by atomic mass is 10.0. The maximum Gasteiger partial charge on any atom is 0.308 e. The van der Waals surface area contributed by atoms with E-state index in [9.17, 15) is 4.79 Å². The highest BCUT2D eigenvalue weighted by Crippen LogP contribution is 2.14. The molecule has 0 saturated carbocycles. The minimum atomic E-state index is -0.210. The third-order valence-corrected chi connectivity index (χ3v) is 2.08. The van der Waals surface area contributed by atoms with E-state index in [2.05, 4.69) is 4.74 Å². The first-order chi connectivity index (χ1) is 7.63. The number of carbonyl (C=O) groups is 1. The SMILES string of the molecule is CC.COC(=O)C(C)Cc1ccc(O)cc1. The normalized spacial score (nSPS) is 11.0. The second-order valence-corrected chi connectivity index (χ2v) is 3.29. The predicted octanol–water partition coefficient (Wildman–Crippen LogP) is 2.77. The van der Waals surface area contributed by atoms with E-state index >= 15 is 0 Å². The molecule has 0 saturated heterocycles. The third kappa shape index (κ3) is 4.82. The minimum absolute atomic E-state index is 0.149. The quantitative estimate of drug-likeness (QED) is 0.803. The molecule has 0 aliphatic carbocycles. The molecule has 0 spiro atoms. The molecule has 1 unspecified atom stereocenters. The fourth-order valence-corrected chi connectivity index (χ4v) is 1.27. The fraction of sp³-hybridized carbons (Fsp3) is 0.462. The number of carbonyl (C=O) groups excluding carboxylic acids is 1. The molecule has 90 valence electrons. The first-order valence-corrected chi connectivity index (χ1v) is 5.49. The number of aromatic hydroxyl groups is 1. The number of hydrogen-bond acceptors (Lipinski definition) is 3. The molecule has 1 rings (SSSR count). The Hall–Kier alpha value is -1.51. The van der Waals surface area contributed by atoms with Crippen LogP contribution in [0.5, 0.6) is 5.75 Å². The summed E-state index contributed by atoms with van der Waals surface area (Å²) in [5, 5.41) is 9.05. The zero-order valence-corrected chi connectivity index (χ0v) is 10.4. The Labute approximate surface area is 97.1 Å². The van der Waals surface area contributed by atoms with Gasteiger partial charge in [-0.25, -0.2) is 0 Å². The summed E-state index contributed by atoms with van der Waals surface area (Å²) in [5.74, 6) is -0.123. The molecule has 3 heteroatoms. The zero-order chi connectivity index (χ0) is 12.6.